The van der Waals surface area contributed by atoms with Gasteiger partial charge in [0.05, 0.1) is 12.7 Å². The van der Waals surface area contributed by atoms with E-state index in [4.69, 9.17) is 4.74 Å². The van der Waals surface area contributed by atoms with Crippen LogP contribution < -0.4 is 0 Å². The van der Waals surface area contributed by atoms with E-state index in [0.29, 0.717) is 6.61 Å². The van der Waals surface area contributed by atoms with Crippen LogP contribution in [-0.2, 0) is 11.3 Å². The highest BCUT2D eigenvalue weighted by Crippen LogP contribution is 2.12. The molecule has 66 valence electrons. The van der Waals surface area contributed by atoms with Gasteiger partial charge >= 0.3 is 0 Å². The van der Waals surface area contributed by atoms with Crippen molar-refractivity contribution in [2.24, 2.45) is 0 Å². The topological polar surface area (TPSA) is 29.5 Å². The lowest BCUT2D eigenvalue weighted by Crippen LogP contribution is -1.92. The molecule has 1 unspecified atom stereocenters. The van der Waals surface area contributed by atoms with Gasteiger partial charge in [-0.1, -0.05) is 24.3 Å². The molecule has 1 aromatic rings. The van der Waals surface area contributed by atoms with E-state index in [1.54, 1.807) is 14.0 Å². The molecule has 0 aliphatic rings. The molecule has 1 atom stereocenters. The summed E-state index contributed by atoms with van der Waals surface area (Å²) in [6.45, 7) is 2.38. The highest BCUT2D eigenvalue weighted by molar-refractivity contribution is 5.23. The fourth-order valence-electron chi connectivity index (χ4n) is 1.06. The molecule has 12 heavy (non-hydrogen) atoms. The first-order valence-electron chi connectivity index (χ1n) is 4.00. The lowest BCUT2D eigenvalue weighted by atomic mass is 10.1. The molecule has 0 radical (unpaired) electrons. The lowest BCUT2D eigenvalue weighted by molar-refractivity contribution is 0.184. The first-order valence-corrected chi connectivity index (χ1v) is 4.00. The van der Waals surface area contributed by atoms with Gasteiger partial charge in [0.25, 0.3) is 0 Å². The van der Waals surface area contributed by atoms with Gasteiger partial charge in [-0.15, -0.1) is 0 Å². The zero-order valence-corrected chi connectivity index (χ0v) is 7.45. The van der Waals surface area contributed by atoms with Crippen LogP contribution >= 0.6 is 0 Å². The quantitative estimate of drug-likeness (QED) is 0.743. The minimum atomic E-state index is -0.387. The number of benzene rings is 1. The molecule has 0 heterocycles. The monoisotopic (exact) mass is 166 g/mol. The van der Waals surface area contributed by atoms with Crippen molar-refractivity contribution >= 4 is 0 Å². The van der Waals surface area contributed by atoms with Gasteiger partial charge in [-0.2, -0.15) is 0 Å². The van der Waals surface area contributed by atoms with Gasteiger partial charge in [-0.05, 0) is 18.1 Å². The zero-order chi connectivity index (χ0) is 8.97. The predicted octanol–water partition coefficient (Wildman–Crippen LogP) is 1.89. The summed E-state index contributed by atoms with van der Waals surface area (Å²) in [4.78, 5) is 0. The summed E-state index contributed by atoms with van der Waals surface area (Å²) < 4.78 is 4.97. The van der Waals surface area contributed by atoms with E-state index in [2.05, 4.69) is 0 Å². The Balaban J connectivity index is 2.71. The van der Waals surface area contributed by atoms with Crippen molar-refractivity contribution in [3.8, 4) is 0 Å². The van der Waals surface area contributed by atoms with Gasteiger partial charge in [0.15, 0.2) is 0 Å². The van der Waals surface area contributed by atoms with Crippen LogP contribution in [0.2, 0.25) is 0 Å². The molecule has 0 saturated heterocycles. The molecule has 0 aliphatic carbocycles. The molecule has 1 rings (SSSR count). The molecule has 2 nitrogen and oxygen atoms in total. The SMILES string of the molecule is COCc1ccc(C(C)O)cc1. The van der Waals surface area contributed by atoms with E-state index in [0.717, 1.165) is 11.1 Å². The number of hydrogen-bond acceptors (Lipinski definition) is 2. The molecule has 0 spiro atoms. The third-order valence-corrected chi connectivity index (χ3v) is 1.77. The number of aliphatic hydroxyl groups is 1. The van der Waals surface area contributed by atoms with Gasteiger partial charge in [0, 0.05) is 7.11 Å². The normalized spacial score (nSPS) is 12.9. The Morgan fingerprint density at radius 3 is 2.33 bits per heavy atom. The van der Waals surface area contributed by atoms with Crippen LogP contribution in [0.5, 0.6) is 0 Å². The van der Waals surface area contributed by atoms with Gasteiger partial charge in [-0.25, -0.2) is 0 Å². The van der Waals surface area contributed by atoms with E-state index in [1.165, 1.54) is 0 Å². The molecule has 0 bridgehead atoms. The molecule has 0 amide bonds. The molecule has 2 heteroatoms. The number of aliphatic hydroxyl groups excluding tert-OH is 1. The molecule has 1 N–H and O–H groups in total. The van der Waals surface area contributed by atoms with Gasteiger partial charge in [0.1, 0.15) is 0 Å². The zero-order valence-electron chi connectivity index (χ0n) is 7.45. The second-order valence-corrected chi connectivity index (χ2v) is 2.85. The van der Waals surface area contributed by atoms with E-state index in [1.807, 2.05) is 24.3 Å². The second-order valence-electron chi connectivity index (χ2n) is 2.85. The summed E-state index contributed by atoms with van der Waals surface area (Å²) in [6.07, 6.45) is -0.387. The Morgan fingerprint density at radius 1 is 1.33 bits per heavy atom. The summed E-state index contributed by atoms with van der Waals surface area (Å²) in [5.74, 6) is 0. The number of ether oxygens (including phenoxy) is 1. The maximum absolute atomic E-state index is 9.21. The number of methoxy groups -OCH3 is 1. The highest BCUT2D eigenvalue weighted by atomic mass is 16.5. The van der Waals surface area contributed by atoms with Crippen LogP contribution in [0.25, 0.3) is 0 Å². The maximum atomic E-state index is 9.21. The Morgan fingerprint density at radius 2 is 1.92 bits per heavy atom. The largest absolute Gasteiger partial charge is 0.389 e. The van der Waals surface area contributed by atoms with Crippen LogP contribution in [0.15, 0.2) is 24.3 Å². The van der Waals surface area contributed by atoms with E-state index in [9.17, 15) is 5.11 Å². The van der Waals surface area contributed by atoms with Gasteiger partial charge in [0.2, 0.25) is 0 Å². The fourth-order valence-corrected chi connectivity index (χ4v) is 1.06. The van der Waals surface area contributed by atoms with Crippen molar-refractivity contribution in [1.29, 1.82) is 0 Å². The smallest absolute Gasteiger partial charge is 0.0761 e. The standard InChI is InChI=1S/C10H14O2/c1-8(11)10-5-3-9(4-6-10)7-12-2/h3-6,8,11H,7H2,1-2H3. The van der Waals surface area contributed by atoms with Crippen molar-refractivity contribution in [3.05, 3.63) is 35.4 Å². The van der Waals surface area contributed by atoms with Crippen LogP contribution in [-0.4, -0.2) is 12.2 Å². The summed E-state index contributed by atoms with van der Waals surface area (Å²) in [5, 5.41) is 9.21. The Hall–Kier alpha value is -0.860. The first-order chi connectivity index (χ1) is 5.74. The van der Waals surface area contributed by atoms with Gasteiger partial charge < -0.3 is 9.84 Å². The Bertz CT molecular complexity index is 226. The third-order valence-electron chi connectivity index (χ3n) is 1.77. The number of rotatable bonds is 3. The van der Waals surface area contributed by atoms with Crippen LogP contribution in [0.4, 0.5) is 0 Å². The third kappa shape index (κ3) is 2.32. The molecule has 0 aromatic heterocycles. The van der Waals surface area contributed by atoms with E-state index < -0.39 is 0 Å². The van der Waals surface area contributed by atoms with Crippen LogP contribution in [0, 0.1) is 0 Å². The number of hydrogen-bond donors (Lipinski definition) is 1. The predicted molar refractivity (Wildman–Crippen MR) is 47.8 cm³/mol. The Labute approximate surface area is 72.8 Å². The fraction of sp³-hybridized carbons (Fsp3) is 0.400. The lowest BCUT2D eigenvalue weighted by Gasteiger charge is -2.05. The molecule has 0 saturated carbocycles. The minimum absolute atomic E-state index is 0.387. The van der Waals surface area contributed by atoms with Gasteiger partial charge in [-0.3, -0.25) is 0 Å². The van der Waals surface area contributed by atoms with Crippen molar-refractivity contribution < 1.29 is 9.84 Å². The average molecular weight is 166 g/mol. The van der Waals surface area contributed by atoms with Crippen LogP contribution in [0.1, 0.15) is 24.2 Å². The first kappa shape index (κ1) is 9.23. The second kappa shape index (κ2) is 4.24. The minimum Gasteiger partial charge on any atom is -0.389 e. The highest BCUT2D eigenvalue weighted by Gasteiger charge is 1.99. The van der Waals surface area contributed by atoms with Crippen molar-refractivity contribution in [3.63, 3.8) is 0 Å². The molecule has 0 aliphatic heterocycles. The van der Waals surface area contributed by atoms with Crippen molar-refractivity contribution in [2.45, 2.75) is 19.6 Å². The average Bonchev–Trinajstić information content (AvgIpc) is 2.06. The van der Waals surface area contributed by atoms with E-state index >= 15 is 0 Å². The summed E-state index contributed by atoms with van der Waals surface area (Å²) in [7, 11) is 1.67. The summed E-state index contributed by atoms with van der Waals surface area (Å²) >= 11 is 0. The molecule has 1 aromatic carbocycles. The van der Waals surface area contributed by atoms with Crippen molar-refractivity contribution in [2.75, 3.05) is 7.11 Å². The maximum Gasteiger partial charge on any atom is 0.0761 e. The molecule has 0 fully saturated rings. The Kier molecular flexibility index (Phi) is 3.26. The summed E-state index contributed by atoms with van der Waals surface area (Å²) in [6, 6.07) is 7.76. The van der Waals surface area contributed by atoms with Crippen LogP contribution in [0.3, 0.4) is 0 Å². The van der Waals surface area contributed by atoms with Crippen molar-refractivity contribution in [1.82, 2.24) is 0 Å². The summed E-state index contributed by atoms with van der Waals surface area (Å²) in [5.41, 5.74) is 2.07. The molecular weight excluding hydrogens is 152 g/mol. The molecular formula is C10H14O2. The van der Waals surface area contributed by atoms with E-state index in [-0.39, 0.29) is 6.10 Å².